The molecule has 0 spiro atoms. The zero-order valence-corrected chi connectivity index (χ0v) is 15.7. The summed E-state index contributed by atoms with van der Waals surface area (Å²) < 4.78 is 6.77. The zero-order chi connectivity index (χ0) is 20.2. The van der Waals surface area contributed by atoms with E-state index in [0.717, 1.165) is 24.3 Å². The minimum absolute atomic E-state index is 0.382. The van der Waals surface area contributed by atoms with Crippen LogP contribution in [0.15, 0.2) is 54.9 Å². The Morgan fingerprint density at radius 2 is 2.07 bits per heavy atom. The van der Waals surface area contributed by atoms with Crippen molar-refractivity contribution in [1.82, 2.24) is 30.4 Å². The zero-order valence-electron chi connectivity index (χ0n) is 15.7. The maximum atomic E-state index is 11.9. The Bertz CT molecular complexity index is 1140. The van der Waals surface area contributed by atoms with E-state index >= 15 is 0 Å². The molecule has 2 aromatic carbocycles. The number of nitrogens with one attached hydrogen (secondary N) is 1. The van der Waals surface area contributed by atoms with Crippen molar-refractivity contribution in [2.24, 2.45) is 5.73 Å². The molecule has 9 heteroatoms. The molecule has 2 heterocycles. The number of ether oxygens (including phenoxy) is 1. The molecule has 3 N–H and O–H groups in total. The van der Waals surface area contributed by atoms with Crippen molar-refractivity contribution < 1.29 is 9.53 Å². The molecular weight excluding hydrogens is 370 g/mol. The Morgan fingerprint density at radius 3 is 2.83 bits per heavy atom. The minimum Gasteiger partial charge on any atom is -0.497 e. The molecule has 0 fully saturated rings. The van der Waals surface area contributed by atoms with Crippen molar-refractivity contribution in [3.63, 3.8) is 0 Å². The highest BCUT2D eigenvalue weighted by atomic mass is 16.5. The van der Waals surface area contributed by atoms with E-state index in [4.69, 9.17) is 10.5 Å². The smallest absolute Gasteiger partial charge is 0.249 e. The number of tetrazole rings is 1. The van der Waals surface area contributed by atoms with E-state index in [0.29, 0.717) is 22.5 Å². The van der Waals surface area contributed by atoms with Gasteiger partial charge in [-0.3, -0.25) is 9.89 Å². The van der Waals surface area contributed by atoms with E-state index in [1.807, 2.05) is 24.3 Å². The Hall–Kier alpha value is -4.01. The standard InChI is InChI=1S/C20H19N7O2/c1-29-16-4-2-3-13(9-16)5-6-14-10-19(24-23-14)18-11-15(27-12-22-25-26-27)7-8-17(18)20(21)28/h2-4,7-12H,5-6H2,1H3,(H2,21,28)(H,23,24). The van der Waals surface area contributed by atoms with Gasteiger partial charge in [0.2, 0.25) is 5.91 Å². The van der Waals surface area contributed by atoms with Gasteiger partial charge in [0.15, 0.2) is 0 Å². The number of H-pyrrole nitrogens is 1. The van der Waals surface area contributed by atoms with Gasteiger partial charge in [-0.1, -0.05) is 12.1 Å². The molecule has 29 heavy (non-hydrogen) atoms. The highest BCUT2D eigenvalue weighted by Crippen LogP contribution is 2.26. The van der Waals surface area contributed by atoms with Crippen LogP contribution in [0.1, 0.15) is 21.6 Å². The number of hydrogen-bond acceptors (Lipinski definition) is 6. The highest BCUT2D eigenvalue weighted by molar-refractivity contribution is 5.99. The SMILES string of the molecule is COc1cccc(CCc2cc(-c3cc(-n4cnnn4)ccc3C(N)=O)n[nH]2)c1. The summed E-state index contributed by atoms with van der Waals surface area (Å²) in [5.41, 5.74) is 10.0. The van der Waals surface area contributed by atoms with Gasteiger partial charge in [0.05, 0.1) is 18.5 Å². The van der Waals surface area contributed by atoms with E-state index in [2.05, 4.69) is 31.8 Å². The van der Waals surface area contributed by atoms with Crippen molar-refractivity contribution in [3.8, 4) is 22.7 Å². The molecule has 0 unspecified atom stereocenters. The van der Waals surface area contributed by atoms with Crippen LogP contribution in [-0.4, -0.2) is 43.4 Å². The maximum absolute atomic E-state index is 11.9. The van der Waals surface area contributed by atoms with Crippen LogP contribution in [-0.2, 0) is 12.8 Å². The van der Waals surface area contributed by atoms with Gasteiger partial charge >= 0.3 is 0 Å². The molecule has 0 saturated heterocycles. The van der Waals surface area contributed by atoms with Crippen molar-refractivity contribution in [2.45, 2.75) is 12.8 Å². The number of aromatic nitrogens is 6. The summed E-state index contributed by atoms with van der Waals surface area (Å²) in [5, 5.41) is 18.6. The summed E-state index contributed by atoms with van der Waals surface area (Å²) >= 11 is 0. The number of primary amides is 1. The first-order valence-electron chi connectivity index (χ1n) is 8.99. The molecule has 0 atom stereocenters. The monoisotopic (exact) mass is 389 g/mol. The molecule has 1 amide bonds. The molecule has 2 aromatic heterocycles. The Balaban J connectivity index is 1.59. The second-order valence-corrected chi connectivity index (χ2v) is 6.48. The van der Waals surface area contributed by atoms with Gasteiger partial charge in [0, 0.05) is 16.8 Å². The predicted molar refractivity (Wildman–Crippen MR) is 106 cm³/mol. The quantitative estimate of drug-likeness (QED) is 0.498. The Kier molecular flexibility index (Phi) is 5.02. The number of rotatable bonds is 7. The second kappa shape index (κ2) is 7.93. The summed E-state index contributed by atoms with van der Waals surface area (Å²) in [4.78, 5) is 11.9. The lowest BCUT2D eigenvalue weighted by Crippen LogP contribution is -2.13. The number of amides is 1. The first-order chi connectivity index (χ1) is 14.1. The fraction of sp³-hybridized carbons (Fsp3) is 0.150. The summed E-state index contributed by atoms with van der Waals surface area (Å²) in [6.07, 6.45) is 3.07. The van der Waals surface area contributed by atoms with Gasteiger partial charge < -0.3 is 10.5 Å². The van der Waals surface area contributed by atoms with Gasteiger partial charge in [-0.2, -0.15) is 5.10 Å². The van der Waals surface area contributed by atoms with Gasteiger partial charge in [0.1, 0.15) is 12.1 Å². The fourth-order valence-electron chi connectivity index (χ4n) is 3.12. The van der Waals surface area contributed by atoms with Gasteiger partial charge in [-0.15, -0.1) is 5.10 Å². The summed E-state index contributed by atoms with van der Waals surface area (Å²) in [6, 6.07) is 15.1. The van der Waals surface area contributed by atoms with Crippen molar-refractivity contribution >= 4 is 5.91 Å². The number of aryl methyl sites for hydroxylation is 2. The van der Waals surface area contributed by atoms with Crippen LogP contribution in [0.4, 0.5) is 0 Å². The molecule has 0 aliphatic heterocycles. The molecule has 9 nitrogen and oxygen atoms in total. The molecular formula is C20H19N7O2. The van der Waals surface area contributed by atoms with Crippen LogP contribution < -0.4 is 10.5 Å². The number of hydrogen-bond donors (Lipinski definition) is 2. The largest absolute Gasteiger partial charge is 0.497 e. The van der Waals surface area contributed by atoms with Crippen LogP contribution >= 0.6 is 0 Å². The average molecular weight is 389 g/mol. The van der Waals surface area contributed by atoms with Gasteiger partial charge in [-0.25, -0.2) is 4.68 Å². The molecule has 0 saturated carbocycles. The lowest BCUT2D eigenvalue weighted by molar-refractivity contribution is 0.100. The van der Waals surface area contributed by atoms with Crippen molar-refractivity contribution in [3.05, 3.63) is 71.7 Å². The Labute approximate surface area is 166 Å². The first-order valence-corrected chi connectivity index (χ1v) is 8.99. The normalized spacial score (nSPS) is 10.8. The molecule has 4 aromatic rings. The number of aromatic amines is 1. The third-order valence-corrected chi connectivity index (χ3v) is 4.61. The summed E-state index contributed by atoms with van der Waals surface area (Å²) in [5.74, 6) is 0.308. The number of carbonyl (C=O) groups is 1. The minimum atomic E-state index is -0.524. The van der Waals surface area contributed by atoms with Crippen LogP contribution in [0.5, 0.6) is 5.75 Å². The van der Waals surface area contributed by atoms with E-state index in [1.165, 1.54) is 16.6 Å². The molecule has 0 bridgehead atoms. The maximum Gasteiger partial charge on any atom is 0.249 e. The van der Waals surface area contributed by atoms with Crippen LogP contribution in [0.3, 0.4) is 0 Å². The van der Waals surface area contributed by atoms with E-state index in [-0.39, 0.29) is 0 Å². The number of methoxy groups -OCH3 is 1. The van der Waals surface area contributed by atoms with E-state index in [1.54, 1.807) is 25.3 Å². The predicted octanol–water partition coefficient (Wildman–Crippen LogP) is 1.95. The van der Waals surface area contributed by atoms with Crippen LogP contribution in [0.2, 0.25) is 0 Å². The molecule has 0 aliphatic carbocycles. The lowest BCUT2D eigenvalue weighted by Gasteiger charge is -2.07. The van der Waals surface area contributed by atoms with Crippen molar-refractivity contribution in [2.75, 3.05) is 7.11 Å². The number of nitrogens with zero attached hydrogens (tertiary/aromatic N) is 5. The van der Waals surface area contributed by atoms with Crippen molar-refractivity contribution in [1.29, 1.82) is 0 Å². The molecule has 146 valence electrons. The topological polar surface area (TPSA) is 125 Å². The van der Waals surface area contributed by atoms with E-state index in [9.17, 15) is 4.79 Å². The molecule has 4 rings (SSSR count). The average Bonchev–Trinajstić information content (AvgIpc) is 3.44. The van der Waals surface area contributed by atoms with Crippen LogP contribution in [0, 0.1) is 0 Å². The lowest BCUT2D eigenvalue weighted by atomic mass is 10.0. The fourth-order valence-corrected chi connectivity index (χ4v) is 3.12. The molecule has 0 aliphatic rings. The number of nitrogens with two attached hydrogens (primary N) is 1. The number of carbonyl (C=O) groups excluding carboxylic acids is 1. The third-order valence-electron chi connectivity index (χ3n) is 4.61. The van der Waals surface area contributed by atoms with E-state index < -0.39 is 5.91 Å². The summed E-state index contributed by atoms with van der Waals surface area (Å²) in [6.45, 7) is 0. The molecule has 0 radical (unpaired) electrons. The van der Waals surface area contributed by atoms with Gasteiger partial charge in [-0.05, 0) is 65.2 Å². The third kappa shape index (κ3) is 3.98. The highest BCUT2D eigenvalue weighted by Gasteiger charge is 2.15. The second-order valence-electron chi connectivity index (χ2n) is 6.48. The first kappa shape index (κ1) is 18.4. The van der Waals surface area contributed by atoms with Crippen LogP contribution in [0.25, 0.3) is 16.9 Å². The summed E-state index contributed by atoms with van der Waals surface area (Å²) in [7, 11) is 1.65. The number of benzene rings is 2. The Morgan fingerprint density at radius 1 is 1.17 bits per heavy atom. The van der Waals surface area contributed by atoms with Gasteiger partial charge in [0.25, 0.3) is 0 Å².